The Labute approximate surface area is 242 Å². The van der Waals surface area contributed by atoms with Crippen molar-refractivity contribution < 1.29 is 26.3 Å². The van der Waals surface area contributed by atoms with Crippen LogP contribution < -0.4 is 4.72 Å². The molecule has 0 spiro atoms. The number of phenols is 1. The highest BCUT2D eigenvalue weighted by atomic mass is 35.5. The molecule has 0 aliphatic carbocycles. The Morgan fingerprint density at radius 1 is 0.825 bits per heavy atom. The number of benzene rings is 4. The summed E-state index contributed by atoms with van der Waals surface area (Å²) in [7, 11) is -8.13. The van der Waals surface area contributed by atoms with Gasteiger partial charge in [0, 0.05) is 24.7 Å². The Morgan fingerprint density at radius 3 is 2.12 bits per heavy atom. The molecular formula is C28H25Cl2FN2O5S2. The van der Waals surface area contributed by atoms with Crippen molar-refractivity contribution in [2.24, 2.45) is 0 Å². The van der Waals surface area contributed by atoms with Gasteiger partial charge < -0.3 is 5.11 Å². The van der Waals surface area contributed by atoms with Crippen LogP contribution in [0, 0.1) is 12.7 Å². The van der Waals surface area contributed by atoms with Gasteiger partial charge in [0.25, 0.3) is 0 Å². The number of nitrogens with one attached hydrogen (secondary N) is 1. The van der Waals surface area contributed by atoms with Gasteiger partial charge in [-0.15, -0.1) is 0 Å². The Hall–Kier alpha value is -2.99. The van der Waals surface area contributed by atoms with E-state index in [1.165, 1.54) is 42.5 Å². The first-order chi connectivity index (χ1) is 18.8. The molecule has 0 aliphatic heterocycles. The Morgan fingerprint density at radius 2 is 1.45 bits per heavy atom. The highest BCUT2D eigenvalue weighted by molar-refractivity contribution is 7.89. The van der Waals surface area contributed by atoms with E-state index in [-0.39, 0.29) is 34.6 Å². The third kappa shape index (κ3) is 7.20. The molecule has 0 aromatic heterocycles. The van der Waals surface area contributed by atoms with Gasteiger partial charge >= 0.3 is 0 Å². The number of aryl methyl sites for hydroxylation is 1. The fourth-order valence-electron chi connectivity index (χ4n) is 3.92. The smallest absolute Gasteiger partial charge is 0.247 e. The maximum atomic E-state index is 13.7. The number of phenolic OH excluding ortho intramolecular Hbond substituents is 1. The van der Waals surface area contributed by atoms with Gasteiger partial charge in [0.2, 0.25) is 20.0 Å². The van der Waals surface area contributed by atoms with Gasteiger partial charge in [-0.1, -0.05) is 77.3 Å². The summed E-state index contributed by atoms with van der Waals surface area (Å²) in [5.41, 5.74) is 2.58. The topological polar surface area (TPSA) is 104 Å². The monoisotopic (exact) mass is 622 g/mol. The molecule has 210 valence electrons. The number of nitrogens with zero attached hydrogens (tertiary/aromatic N) is 1. The van der Waals surface area contributed by atoms with Crippen molar-refractivity contribution in [2.45, 2.75) is 36.3 Å². The molecule has 2 N–H and O–H groups in total. The third-order valence-corrected chi connectivity index (χ3v) is 9.76. The van der Waals surface area contributed by atoms with E-state index in [9.17, 15) is 26.3 Å². The summed E-state index contributed by atoms with van der Waals surface area (Å²) in [4.78, 5) is -0.347. The van der Waals surface area contributed by atoms with Crippen LogP contribution in [0.5, 0.6) is 5.75 Å². The molecule has 0 atom stereocenters. The number of halogens is 3. The van der Waals surface area contributed by atoms with E-state index in [2.05, 4.69) is 4.72 Å². The molecule has 0 saturated carbocycles. The van der Waals surface area contributed by atoms with Gasteiger partial charge in [0.15, 0.2) is 5.75 Å². The molecule has 4 aromatic carbocycles. The van der Waals surface area contributed by atoms with E-state index in [1.807, 2.05) is 6.92 Å². The Bertz CT molecular complexity index is 1730. The van der Waals surface area contributed by atoms with E-state index in [0.29, 0.717) is 16.7 Å². The largest absolute Gasteiger partial charge is 0.505 e. The molecule has 0 aliphatic rings. The second kappa shape index (κ2) is 12.3. The molecule has 0 unspecified atom stereocenters. The lowest BCUT2D eigenvalue weighted by Gasteiger charge is -2.24. The van der Waals surface area contributed by atoms with Crippen molar-refractivity contribution in [3.05, 3.63) is 123 Å². The van der Waals surface area contributed by atoms with Crippen LogP contribution in [0.3, 0.4) is 0 Å². The lowest BCUT2D eigenvalue weighted by molar-refractivity contribution is 0.394. The molecule has 7 nitrogen and oxygen atoms in total. The van der Waals surface area contributed by atoms with Crippen molar-refractivity contribution >= 4 is 43.2 Å². The second-order valence-electron chi connectivity index (χ2n) is 9.09. The predicted octanol–water partition coefficient (Wildman–Crippen LogP) is 6.02. The van der Waals surface area contributed by atoms with E-state index in [4.69, 9.17) is 23.2 Å². The van der Waals surface area contributed by atoms with Crippen LogP contribution >= 0.6 is 23.2 Å². The van der Waals surface area contributed by atoms with Gasteiger partial charge in [0.1, 0.15) is 10.7 Å². The van der Waals surface area contributed by atoms with Gasteiger partial charge in [-0.25, -0.2) is 25.9 Å². The molecule has 4 aromatic rings. The minimum absolute atomic E-state index is 0.0194. The first-order valence-corrected chi connectivity index (χ1v) is 15.6. The van der Waals surface area contributed by atoms with Crippen molar-refractivity contribution in [3.8, 4) is 5.75 Å². The number of hydrogen-bond acceptors (Lipinski definition) is 5. The number of rotatable bonds is 10. The zero-order chi connectivity index (χ0) is 29.1. The summed E-state index contributed by atoms with van der Waals surface area (Å²) in [5.74, 6) is -1.12. The Kier molecular flexibility index (Phi) is 9.19. The van der Waals surface area contributed by atoms with Crippen molar-refractivity contribution in [1.82, 2.24) is 9.03 Å². The summed E-state index contributed by atoms with van der Waals surface area (Å²) in [6.45, 7) is 1.52. The zero-order valence-corrected chi connectivity index (χ0v) is 24.3. The number of hydrogen-bond donors (Lipinski definition) is 2. The molecule has 0 amide bonds. The summed E-state index contributed by atoms with van der Waals surface area (Å²) in [5, 5.41) is 10.3. The van der Waals surface area contributed by atoms with Gasteiger partial charge in [0.05, 0.1) is 9.92 Å². The molecule has 0 bridgehead atoms. The predicted molar refractivity (Wildman–Crippen MR) is 153 cm³/mol. The fourth-order valence-corrected chi connectivity index (χ4v) is 7.10. The average Bonchev–Trinajstić information content (AvgIpc) is 2.91. The van der Waals surface area contributed by atoms with Crippen molar-refractivity contribution in [1.29, 1.82) is 0 Å². The molecule has 12 heteroatoms. The first-order valence-electron chi connectivity index (χ1n) is 11.9. The zero-order valence-electron chi connectivity index (χ0n) is 21.2. The van der Waals surface area contributed by atoms with Crippen LogP contribution in [0.25, 0.3) is 0 Å². The van der Waals surface area contributed by atoms with Crippen LogP contribution in [0.2, 0.25) is 10.0 Å². The summed E-state index contributed by atoms with van der Waals surface area (Å²) in [6.07, 6.45) is 0. The molecule has 0 saturated heterocycles. The van der Waals surface area contributed by atoms with Gasteiger partial charge in [-0.05, 0) is 60.0 Å². The molecule has 0 fully saturated rings. The summed E-state index contributed by atoms with van der Waals surface area (Å²) >= 11 is 12.0. The van der Waals surface area contributed by atoms with E-state index in [0.717, 1.165) is 15.9 Å². The number of aromatic hydroxyl groups is 1. The van der Waals surface area contributed by atoms with Crippen molar-refractivity contribution in [3.63, 3.8) is 0 Å². The van der Waals surface area contributed by atoms with Crippen LogP contribution in [0.15, 0.2) is 94.7 Å². The third-order valence-electron chi connectivity index (χ3n) is 6.03. The maximum absolute atomic E-state index is 13.7. The second-order valence-corrected chi connectivity index (χ2v) is 13.6. The quantitative estimate of drug-likeness (QED) is 0.225. The van der Waals surface area contributed by atoms with Crippen LogP contribution in [-0.2, 0) is 39.7 Å². The molecule has 4 rings (SSSR count). The highest BCUT2D eigenvalue weighted by Crippen LogP contribution is 2.36. The minimum Gasteiger partial charge on any atom is -0.505 e. The fraction of sp³-hybridized carbons (Fsp3) is 0.143. The molecule has 40 heavy (non-hydrogen) atoms. The minimum atomic E-state index is -4.36. The summed E-state index contributed by atoms with van der Waals surface area (Å²) in [6, 6.07) is 20.9. The lowest BCUT2D eigenvalue weighted by atomic mass is 10.1. The van der Waals surface area contributed by atoms with Crippen LogP contribution in [-0.4, -0.2) is 26.2 Å². The van der Waals surface area contributed by atoms with Gasteiger partial charge in [-0.3, -0.25) is 0 Å². The Balaban J connectivity index is 1.63. The lowest BCUT2D eigenvalue weighted by Crippen LogP contribution is -2.30. The molecule has 0 radical (unpaired) electrons. The SMILES string of the molecule is Cc1ccc(S(=O)(=O)NCc2cccc(CN(Cc3ccc(F)cc3)S(=O)(=O)c3cc(Cl)cc(Cl)c3O)c2)cc1. The van der Waals surface area contributed by atoms with E-state index < -0.39 is 36.5 Å². The standard InChI is InChI=1S/C28H25Cl2FN2O5S2/c1-19-5-11-25(12-6-19)39(35,36)32-16-21-3-2-4-22(13-21)18-33(17-20-7-9-24(31)10-8-20)40(37,38)27-15-23(29)14-26(30)28(27)34/h2-15,32,34H,16-18H2,1H3. The van der Waals surface area contributed by atoms with Crippen LogP contribution in [0.1, 0.15) is 22.3 Å². The van der Waals surface area contributed by atoms with E-state index >= 15 is 0 Å². The van der Waals surface area contributed by atoms with Crippen LogP contribution in [0.4, 0.5) is 4.39 Å². The normalized spacial score (nSPS) is 12.1. The summed E-state index contributed by atoms with van der Waals surface area (Å²) < 4.78 is 70.0. The highest BCUT2D eigenvalue weighted by Gasteiger charge is 2.29. The molecular weight excluding hydrogens is 598 g/mol. The van der Waals surface area contributed by atoms with Gasteiger partial charge in [-0.2, -0.15) is 4.31 Å². The maximum Gasteiger partial charge on any atom is 0.247 e. The van der Waals surface area contributed by atoms with E-state index in [1.54, 1.807) is 36.4 Å². The molecule has 0 heterocycles. The first kappa shape index (κ1) is 30.0. The van der Waals surface area contributed by atoms with Crippen molar-refractivity contribution in [2.75, 3.05) is 0 Å². The average molecular weight is 624 g/mol. The number of sulfonamides is 2.